The molecule has 4 nitrogen and oxygen atoms in total. The molecule has 1 saturated heterocycles. The second-order valence-corrected chi connectivity index (χ2v) is 5.57. The van der Waals surface area contributed by atoms with Crippen LogP contribution >= 0.6 is 0 Å². The minimum atomic E-state index is -0.365. The molecule has 1 unspecified atom stereocenters. The minimum absolute atomic E-state index is 0.113. The van der Waals surface area contributed by atoms with Gasteiger partial charge in [-0.25, -0.2) is 0 Å². The Morgan fingerprint density at radius 2 is 1.70 bits per heavy atom. The van der Waals surface area contributed by atoms with Crippen LogP contribution in [0.5, 0.6) is 0 Å². The molecule has 0 aromatic heterocycles. The molecule has 0 radical (unpaired) electrons. The fraction of sp³-hybridized carbons (Fsp3) is 0.625. The van der Waals surface area contributed by atoms with E-state index >= 15 is 0 Å². The fourth-order valence-electron chi connectivity index (χ4n) is 2.94. The summed E-state index contributed by atoms with van der Waals surface area (Å²) in [6.07, 6.45) is 0. The lowest BCUT2D eigenvalue weighted by atomic mass is 9.90. The highest BCUT2D eigenvalue weighted by atomic mass is 16.3. The molecule has 1 aromatic rings. The first kappa shape index (κ1) is 15.4. The molecular formula is C16H27N3O. The first-order valence-corrected chi connectivity index (χ1v) is 7.54. The second kappa shape index (κ2) is 7.18. The van der Waals surface area contributed by atoms with Gasteiger partial charge in [-0.2, -0.15) is 0 Å². The molecule has 0 spiro atoms. The molecular weight excluding hydrogens is 250 g/mol. The Kier molecular flexibility index (Phi) is 5.54. The normalized spacial score (nSPS) is 20.8. The molecule has 1 aromatic carbocycles. The van der Waals surface area contributed by atoms with Crippen molar-refractivity contribution in [3.8, 4) is 0 Å². The summed E-state index contributed by atoms with van der Waals surface area (Å²) < 4.78 is 0. The predicted octanol–water partition coefficient (Wildman–Crippen LogP) is 0.731. The molecule has 2 rings (SSSR count). The van der Waals surface area contributed by atoms with Crippen molar-refractivity contribution < 1.29 is 5.11 Å². The summed E-state index contributed by atoms with van der Waals surface area (Å²) >= 11 is 0. The van der Waals surface area contributed by atoms with Crippen LogP contribution in [-0.4, -0.2) is 67.8 Å². The Morgan fingerprint density at radius 1 is 1.10 bits per heavy atom. The van der Waals surface area contributed by atoms with E-state index < -0.39 is 0 Å². The number of nitrogens with zero attached hydrogens (tertiary/aromatic N) is 2. The van der Waals surface area contributed by atoms with Crippen LogP contribution in [0, 0.1) is 0 Å². The number of aliphatic hydroxyl groups is 1. The molecule has 1 aliphatic heterocycles. The van der Waals surface area contributed by atoms with Gasteiger partial charge in [0.2, 0.25) is 0 Å². The van der Waals surface area contributed by atoms with Gasteiger partial charge in [-0.1, -0.05) is 37.3 Å². The van der Waals surface area contributed by atoms with Crippen LogP contribution in [0.1, 0.15) is 12.5 Å². The van der Waals surface area contributed by atoms with Crippen molar-refractivity contribution in [3.05, 3.63) is 35.9 Å². The van der Waals surface area contributed by atoms with E-state index in [-0.39, 0.29) is 12.1 Å². The zero-order valence-electron chi connectivity index (χ0n) is 12.7. The van der Waals surface area contributed by atoms with Crippen LogP contribution in [0.3, 0.4) is 0 Å². The standard InChI is InChI=1S/C16H27N3O/c1-3-18-9-11-19(12-10-18)13-16(14-20,17-2)15-7-5-4-6-8-15/h4-8,17,20H,3,9-14H2,1-2H3. The van der Waals surface area contributed by atoms with Gasteiger partial charge in [0.15, 0.2) is 0 Å². The zero-order valence-corrected chi connectivity index (χ0v) is 12.7. The van der Waals surface area contributed by atoms with Gasteiger partial charge in [0.25, 0.3) is 0 Å². The highest BCUT2D eigenvalue weighted by Crippen LogP contribution is 2.22. The maximum atomic E-state index is 9.96. The van der Waals surface area contributed by atoms with Gasteiger partial charge in [-0.3, -0.25) is 4.90 Å². The van der Waals surface area contributed by atoms with Crippen molar-refractivity contribution in [3.63, 3.8) is 0 Å². The number of benzene rings is 1. The number of likely N-dealkylation sites (N-methyl/N-ethyl adjacent to an activating group) is 2. The number of hydrogen-bond donors (Lipinski definition) is 2. The zero-order chi connectivity index (χ0) is 14.4. The van der Waals surface area contributed by atoms with E-state index in [1.54, 1.807) is 0 Å². The van der Waals surface area contributed by atoms with Gasteiger partial charge in [0.05, 0.1) is 12.1 Å². The van der Waals surface area contributed by atoms with Crippen molar-refractivity contribution >= 4 is 0 Å². The summed E-state index contributed by atoms with van der Waals surface area (Å²) in [6.45, 7) is 8.69. The molecule has 2 N–H and O–H groups in total. The predicted molar refractivity (Wildman–Crippen MR) is 82.8 cm³/mol. The smallest absolute Gasteiger partial charge is 0.0795 e. The Hall–Kier alpha value is -0.940. The third-order valence-corrected chi connectivity index (χ3v) is 4.48. The van der Waals surface area contributed by atoms with E-state index in [1.165, 1.54) is 0 Å². The van der Waals surface area contributed by atoms with Gasteiger partial charge in [-0.05, 0) is 19.2 Å². The molecule has 1 aliphatic rings. The molecule has 0 saturated carbocycles. The van der Waals surface area contributed by atoms with Crippen LogP contribution in [0.25, 0.3) is 0 Å². The lowest BCUT2D eigenvalue weighted by Gasteiger charge is -2.41. The molecule has 112 valence electrons. The summed E-state index contributed by atoms with van der Waals surface area (Å²) in [7, 11) is 1.94. The lowest BCUT2D eigenvalue weighted by Crippen LogP contribution is -2.56. The van der Waals surface area contributed by atoms with Gasteiger partial charge >= 0.3 is 0 Å². The average molecular weight is 277 g/mol. The minimum Gasteiger partial charge on any atom is -0.394 e. The van der Waals surface area contributed by atoms with E-state index in [2.05, 4.69) is 34.2 Å². The quantitative estimate of drug-likeness (QED) is 0.804. The Morgan fingerprint density at radius 3 is 2.20 bits per heavy atom. The molecule has 1 heterocycles. The van der Waals surface area contributed by atoms with Gasteiger partial charge in [0.1, 0.15) is 0 Å². The number of hydrogen-bond acceptors (Lipinski definition) is 4. The molecule has 0 aliphatic carbocycles. The highest BCUT2D eigenvalue weighted by molar-refractivity contribution is 5.25. The molecule has 4 heteroatoms. The number of aliphatic hydroxyl groups excluding tert-OH is 1. The molecule has 20 heavy (non-hydrogen) atoms. The van der Waals surface area contributed by atoms with Crippen LogP contribution in [-0.2, 0) is 5.54 Å². The fourth-order valence-corrected chi connectivity index (χ4v) is 2.94. The summed E-state index contributed by atoms with van der Waals surface area (Å²) in [5.74, 6) is 0. The van der Waals surface area contributed by atoms with E-state index in [0.717, 1.165) is 44.8 Å². The van der Waals surface area contributed by atoms with Crippen LogP contribution in [0.15, 0.2) is 30.3 Å². The van der Waals surface area contributed by atoms with Crippen molar-refractivity contribution in [2.75, 3.05) is 52.9 Å². The topological polar surface area (TPSA) is 38.7 Å². The summed E-state index contributed by atoms with van der Waals surface area (Å²) in [5, 5.41) is 13.3. The molecule has 1 fully saturated rings. The average Bonchev–Trinajstić information content (AvgIpc) is 2.54. The maximum absolute atomic E-state index is 9.96. The van der Waals surface area contributed by atoms with Gasteiger partial charge in [-0.15, -0.1) is 0 Å². The first-order valence-electron chi connectivity index (χ1n) is 7.54. The van der Waals surface area contributed by atoms with Crippen molar-refractivity contribution in [1.29, 1.82) is 0 Å². The van der Waals surface area contributed by atoms with Gasteiger partial charge < -0.3 is 15.3 Å². The maximum Gasteiger partial charge on any atom is 0.0795 e. The summed E-state index contributed by atoms with van der Waals surface area (Å²) in [4.78, 5) is 4.92. The van der Waals surface area contributed by atoms with Crippen LogP contribution in [0.4, 0.5) is 0 Å². The van der Waals surface area contributed by atoms with Crippen LogP contribution < -0.4 is 5.32 Å². The number of nitrogens with one attached hydrogen (secondary N) is 1. The Balaban J connectivity index is 2.06. The Bertz CT molecular complexity index is 384. The summed E-state index contributed by atoms with van der Waals surface area (Å²) in [5.41, 5.74) is 0.790. The lowest BCUT2D eigenvalue weighted by molar-refractivity contribution is 0.0751. The van der Waals surface area contributed by atoms with E-state index in [0.29, 0.717) is 0 Å². The third-order valence-electron chi connectivity index (χ3n) is 4.48. The van der Waals surface area contributed by atoms with Crippen molar-refractivity contribution in [2.24, 2.45) is 0 Å². The molecule has 1 atom stereocenters. The number of rotatable bonds is 6. The van der Waals surface area contributed by atoms with Crippen molar-refractivity contribution in [1.82, 2.24) is 15.1 Å². The van der Waals surface area contributed by atoms with Crippen molar-refractivity contribution in [2.45, 2.75) is 12.5 Å². The highest BCUT2D eigenvalue weighted by Gasteiger charge is 2.32. The summed E-state index contributed by atoms with van der Waals surface area (Å²) in [6, 6.07) is 10.3. The first-order chi connectivity index (χ1) is 9.74. The van der Waals surface area contributed by atoms with E-state index in [4.69, 9.17) is 0 Å². The molecule has 0 bridgehead atoms. The Labute approximate surface area is 122 Å². The second-order valence-electron chi connectivity index (χ2n) is 5.57. The number of piperazine rings is 1. The van der Waals surface area contributed by atoms with E-state index in [1.807, 2.05) is 25.2 Å². The molecule has 0 amide bonds. The van der Waals surface area contributed by atoms with Crippen LogP contribution in [0.2, 0.25) is 0 Å². The largest absolute Gasteiger partial charge is 0.394 e. The van der Waals surface area contributed by atoms with Gasteiger partial charge in [0, 0.05) is 32.7 Å². The van der Waals surface area contributed by atoms with E-state index in [9.17, 15) is 5.11 Å². The monoisotopic (exact) mass is 277 g/mol. The third kappa shape index (κ3) is 3.38. The SMILES string of the molecule is CCN1CCN(CC(CO)(NC)c2ccccc2)CC1.